The zero-order chi connectivity index (χ0) is 15.0. The van der Waals surface area contributed by atoms with E-state index in [0.717, 1.165) is 21.8 Å². The van der Waals surface area contributed by atoms with Gasteiger partial charge < -0.3 is 5.73 Å². The first-order valence-corrected chi connectivity index (χ1v) is 7.53. The van der Waals surface area contributed by atoms with Crippen molar-refractivity contribution in [3.8, 4) is 0 Å². The van der Waals surface area contributed by atoms with Crippen molar-refractivity contribution in [2.75, 3.05) is 5.73 Å². The van der Waals surface area contributed by atoms with Crippen LogP contribution in [0.15, 0.2) is 23.4 Å². The maximum absolute atomic E-state index is 5.96. The Morgan fingerprint density at radius 3 is 2.76 bits per heavy atom. The second-order valence-electron chi connectivity index (χ2n) is 4.94. The Morgan fingerprint density at radius 1 is 1.19 bits per heavy atom. The standard InChI is InChI=1S/C14H16N6S/c1-8-4-9(2)17-12(5-8)21-7-11-18-13(15)10-6-16-20(3)14(10)19-11/h4-6H,7H2,1-3H3,(H2,15,18,19). The SMILES string of the molecule is Cc1cc(C)nc(SCc2nc(N)c3cnn(C)c3n2)c1. The van der Waals surface area contributed by atoms with Gasteiger partial charge in [0.15, 0.2) is 5.65 Å². The molecule has 0 amide bonds. The monoisotopic (exact) mass is 300 g/mol. The molecule has 0 aliphatic rings. The normalized spacial score (nSPS) is 11.2. The van der Waals surface area contributed by atoms with Gasteiger partial charge in [-0.2, -0.15) is 5.10 Å². The minimum atomic E-state index is 0.470. The highest BCUT2D eigenvalue weighted by Gasteiger charge is 2.10. The highest BCUT2D eigenvalue weighted by Crippen LogP contribution is 2.23. The largest absolute Gasteiger partial charge is 0.383 e. The van der Waals surface area contributed by atoms with Crippen LogP contribution in [0.1, 0.15) is 17.1 Å². The van der Waals surface area contributed by atoms with E-state index in [9.17, 15) is 0 Å². The molecule has 0 unspecified atom stereocenters. The summed E-state index contributed by atoms with van der Waals surface area (Å²) >= 11 is 1.61. The number of aromatic nitrogens is 5. The summed E-state index contributed by atoms with van der Waals surface area (Å²) < 4.78 is 1.70. The summed E-state index contributed by atoms with van der Waals surface area (Å²) in [4.78, 5) is 13.4. The Morgan fingerprint density at radius 2 is 2.00 bits per heavy atom. The second-order valence-corrected chi connectivity index (χ2v) is 5.94. The van der Waals surface area contributed by atoms with E-state index in [1.54, 1.807) is 22.6 Å². The summed E-state index contributed by atoms with van der Waals surface area (Å²) in [6.07, 6.45) is 1.69. The van der Waals surface area contributed by atoms with Crippen molar-refractivity contribution in [1.82, 2.24) is 24.7 Å². The van der Waals surface area contributed by atoms with E-state index in [2.05, 4.69) is 39.1 Å². The molecular formula is C14H16N6S. The number of rotatable bonds is 3. The molecule has 0 saturated carbocycles. The third-order valence-electron chi connectivity index (χ3n) is 3.09. The third-order valence-corrected chi connectivity index (χ3v) is 4.00. The quantitative estimate of drug-likeness (QED) is 0.747. The molecule has 21 heavy (non-hydrogen) atoms. The molecule has 108 valence electrons. The molecule has 0 fully saturated rings. The fourth-order valence-electron chi connectivity index (χ4n) is 2.17. The van der Waals surface area contributed by atoms with E-state index in [-0.39, 0.29) is 0 Å². The van der Waals surface area contributed by atoms with Gasteiger partial charge >= 0.3 is 0 Å². The minimum Gasteiger partial charge on any atom is -0.383 e. The van der Waals surface area contributed by atoms with Crippen molar-refractivity contribution in [1.29, 1.82) is 0 Å². The van der Waals surface area contributed by atoms with Crippen LogP contribution in [0.5, 0.6) is 0 Å². The molecule has 0 aliphatic heterocycles. The molecular weight excluding hydrogens is 284 g/mol. The molecule has 3 rings (SSSR count). The van der Waals surface area contributed by atoms with Crippen molar-refractivity contribution >= 4 is 28.6 Å². The van der Waals surface area contributed by atoms with Gasteiger partial charge in [-0.1, -0.05) is 11.8 Å². The zero-order valence-corrected chi connectivity index (χ0v) is 13.0. The Kier molecular flexibility index (Phi) is 3.50. The summed E-state index contributed by atoms with van der Waals surface area (Å²) in [7, 11) is 1.84. The number of anilines is 1. The number of thioether (sulfide) groups is 1. The van der Waals surface area contributed by atoms with Crippen molar-refractivity contribution in [3.05, 3.63) is 35.4 Å². The summed E-state index contributed by atoms with van der Waals surface area (Å²) in [5.74, 6) is 1.79. The predicted molar refractivity (Wildman–Crippen MR) is 84.0 cm³/mol. The van der Waals surface area contributed by atoms with E-state index in [4.69, 9.17) is 5.73 Å². The van der Waals surface area contributed by atoms with Gasteiger partial charge in [-0.3, -0.25) is 4.68 Å². The molecule has 6 nitrogen and oxygen atoms in total. The number of hydrogen-bond acceptors (Lipinski definition) is 6. The first kappa shape index (κ1) is 13.8. The molecule has 7 heteroatoms. The van der Waals surface area contributed by atoms with Gasteiger partial charge in [0.05, 0.1) is 22.4 Å². The first-order valence-electron chi connectivity index (χ1n) is 6.55. The molecule has 3 aromatic rings. The average molecular weight is 300 g/mol. The highest BCUT2D eigenvalue weighted by molar-refractivity contribution is 7.98. The Bertz CT molecular complexity index is 790. The lowest BCUT2D eigenvalue weighted by Crippen LogP contribution is -2.02. The summed E-state index contributed by atoms with van der Waals surface area (Å²) in [6, 6.07) is 4.11. The van der Waals surface area contributed by atoms with Gasteiger partial charge in [-0.25, -0.2) is 15.0 Å². The molecule has 0 bridgehead atoms. The number of nitrogens with two attached hydrogens (primary N) is 1. The van der Waals surface area contributed by atoms with E-state index < -0.39 is 0 Å². The highest BCUT2D eigenvalue weighted by atomic mass is 32.2. The van der Waals surface area contributed by atoms with Crippen molar-refractivity contribution in [2.45, 2.75) is 24.6 Å². The van der Waals surface area contributed by atoms with E-state index in [1.807, 2.05) is 14.0 Å². The molecule has 0 saturated heterocycles. The van der Waals surface area contributed by atoms with Crippen LogP contribution in [0.3, 0.4) is 0 Å². The summed E-state index contributed by atoms with van der Waals surface area (Å²) in [6.45, 7) is 4.06. The Hall–Kier alpha value is -2.15. The van der Waals surface area contributed by atoms with Gasteiger partial charge in [0.25, 0.3) is 0 Å². The fourth-order valence-corrected chi connectivity index (χ4v) is 3.06. The Labute approximate surface area is 126 Å². The smallest absolute Gasteiger partial charge is 0.163 e. The van der Waals surface area contributed by atoms with Crippen LogP contribution < -0.4 is 5.73 Å². The lowest BCUT2D eigenvalue weighted by molar-refractivity contribution is 0.782. The number of nitrogens with zero attached hydrogens (tertiary/aromatic N) is 5. The van der Waals surface area contributed by atoms with Gasteiger partial charge in [0, 0.05) is 12.7 Å². The first-order chi connectivity index (χ1) is 10.0. The van der Waals surface area contributed by atoms with Gasteiger partial charge in [0.2, 0.25) is 0 Å². The van der Waals surface area contributed by atoms with Gasteiger partial charge in [-0.15, -0.1) is 0 Å². The average Bonchev–Trinajstić information content (AvgIpc) is 2.78. The zero-order valence-electron chi connectivity index (χ0n) is 12.2. The lowest BCUT2D eigenvalue weighted by Gasteiger charge is -2.05. The van der Waals surface area contributed by atoms with Crippen molar-refractivity contribution < 1.29 is 0 Å². The van der Waals surface area contributed by atoms with Crippen LogP contribution in [0.2, 0.25) is 0 Å². The molecule has 0 atom stereocenters. The number of aryl methyl sites for hydroxylation is 3. The predicted octanol–water partition coefficient (Wildman–Crippen LogP) is 2.25. The fraction of sp³-hybridized carbons (Fsp3) is 0.286. The number of nitrogen functional groups attached to an aromatic ring is 1. The van der Waals surface area contributed by atoms with Gasteiger partial charge in [0.1, 0.15) is 11.6 Å². The molecule has 0 radical (unpaired) electrons. The molecule has 0 aromatic carbocycles. The molecule has 3 aromatic heterocycles. The molecule has 0 spiro atoms. The van der Waals surface area contributed by atoms with Crippen LogP contribution in [-0.4, -0.2) is 24.7 Å². The van der Waals surface area contributed by atoms with E-state index >= 15 is 0 Å². The molecule has 2 N–H and O–H groups in total. The maximum Gasteiger partial charge on any atom is 0.163 e. The topological polar surface area (TPSA) is 82.5 Å². The minimum absolute atomic E-state index is 0.470. The summed E-state index contributed by atoms with van der Waals surface area (Å²) in [5, 5.41) is 5.91. The van der Waals surface area contributed by atoms with Crippen molar-refractivity contribution in [3.63, 3.8) is 0 Å². The number of pyridine rings is 1. The Balaban J connectivity index is 1.86. The van der Waals surface area contributed by atoms with Crippen LogP contribution >= 0.6 is 11.8 Å². The summed E-state index contributed by atoms with van der Waals surface area (Å²) in [5.41, 5.74) is 8.93. The van der Waals surface area contributed by atoms with Gasteiger partial charge in [-0.05, 0) is 31.5 Å². The van der Waals surface area contributed by atoms with Crippen LogP contribution in [0.25, 0.3) is 11.0 Å². The molecule has 0 aliphatic carbocycles. The van der Waals surface area contributed by atoms with E-state index in [0.29, 0.717) is 17.4 Å². The maximum atomic E-state index is 5.96. The second kappa shape index (κ2) is 5.33. The van der Waals surface area contributed by atoms with Crippen molar-refractivity contribution in [2.24, 2.45) is 7.05 Å². The lowest BCUT2D eigenvalue weighted by atomic mass is 10.3. The molecule has 3 heterocycles. The van der Waals surface area contributed by atoms with E-state index in [1.165, 1.54) is 5.56 Å². The number of fused-ring (bicyclic) bond motifs is 1. The van der Waals surface area contributed by atoms with Crippen LogP contribution in [-0.2, 0) is 12.8 Å². The third kappa shape index (κ3) is 2.82. The number of hydrogen-bond donors (Lipinski definition) is 1. The van der Waals surface area contributed by atoms with Crippen LogP contribution in [0.4, 0.5) is 5.82 Å². The van der Waals surface area contributed by atoms with Crippen LogP contribution in [0, 0.1) is 13.8 Å².